The van der Waals surface area contributed by atoms with Crippen molar-refractivity contribution in [2.24, 2.45) is 7.05 Å². The fraction of sp³-hybridized carbons (Fsp3) is 0.308. The molecule has 1 N–H and O–H groups in total. The van der Waals surface area contributed by atoms with Gasteiger partial charge < -0.3 is 9.88 Å². The zero-order valence-corrected chi connectivity index (χ0v) is 10.8. The maximum Gasteiger partial charge on any atom is 0.130 e. The van der Waals surface area contributed by atoms with Crippen LogP contribution in [0.2, 0.25) is 5.02 Å². The van der Waals surface area contributed by atoms with E-state index in [1.54, 1.807) is 0 Å². The minimum atomic E-state index is 0.0821. The highest BCUT2D eigenvalue weighted by molar-refractivity contribution is 6.30. The Labute approximate surface area is 106 Å². The normalized spacial score (nSPS) is 12.6. The van der Waals surface area contributed by atoms with E-state index >= 15 is 0 Å². The van der Waals surface area contributed by atoms with Gasteiger partial charge in [-0.05, 0) is 24.2 Å². The largest absolute Gasteiger partial charge is 0.336 e. The van der Waals surface area contributed by atoms with E-state index in [0.717, 1.165) is 23.0 Å². The monoisotopic (exact) mass is 249 g/mol. The van der Waals surface area contributed by atoms with Gasteiger partial charge in [-0.1, -0.05) is 30.7 Å². The smallest absolute Gasteiger partial charge is 0.130 e. The Morgan fingerprint density at radius 2 is 2.29 bits per heavy atom. The molecule has 1 atom stereocenters. The Hall–Kier alpha value is -1.32. The molecule has 4 heteroatoms. The lowest BCUT2D eigenvalue weighted by Crippen LogP contribution is -2.24. The fourth-order valence-corrected chi connectivity index (χ4v) is 2.10. The van der Waals surface area contributed by atoms with Crippen LogP contribution in [0.1, 0.15) is 24.4 Å². The summed E-state index contributed by atoms with van der Waals surface area (Å²) < 4.78 is 2.02. The number of rotatable bonds is 4. The van der Waals surface area contributed by atoms with Crippen molar-refractivity contribution < 1.29 is 0 Å². The molecular formula is C13H16ClN3. The topological polar surface area (TPSA) is 29.9 Å². The molecule has 0 aliphatic carbocycles. The van der Waals surface area contributed by atoms with E-state index in [-0.39, 0.29) is 6.04 Å². The van der Waals surface area contributed by atoms with Crippen molar-refractivity contribution in [3.05, 3.63) is 53.1 Å². The molecular weight excluding hydrogens is 234 g/mol. The summed E-state index contributed by atoms with van der Waals surface area (Å²) in [5.41, 5.74) is 1.13. The van der Waals surface area contributed by atoms with Crippen LogP contribution in [0.25, 0.3) is 0 Å². The third-order valence-corrected chi connectivity index (χ3v) is 2.94. The highest BCUT2D eigenvalue weighted by atomic mass is 35.5. The molecule has 2 rings (SSSR count). The van der Waals surface area contributed by atoms with Crippen LogP contribution in [0, 0.1) is 0 Å². The average molecular weight is 250 g/mol. The second-order valence-electron chi connectivity index (χ2n) is 3.94. The Balaban J connectivity index is 2.39. The molecule has 90 valence electrons. The first kappa shape index (κ1) is 12.1. The van der Waals surface area contributed by atoms with Gasteiger partial charge in [0.1, 0.15) is 5.82 Å². The van der Waals surface area contributed by atoms with Crippen molar-refractivity contribution >= 4 is 11.6 Å². The third kappa shape index (κ3) is 2.68. The number of nitrogens with zero attached hydrogens (tertiary/aromatic N) is 2. The van der Waals surface area contributed by atoms with Crippen molar-refractivity contribution in [3.8, 4) is 0 Å². The van der Waals surface area contributed by atoms with Gasteiger partial charge in [0.25, 0.3) is 0 Å². The first-order chi connectivity index (χ1) is 8.22. The molecule has 0 aliphatic heterocycles. The number of hydrogen-bond acceptors (Lipinski definition) is 2. The van der Waals surface area contributed by atoms with E-state index in [0.29, 0.717) is 0 Å². The number of benzene rings is 1. The number of hydrogen-bond donors (Lipinski definition) is 1. The molecule has 0 bridgehead atoms. The summed E-state index contributed by atoms with van der Waals surface area (Å²) in [5, 5.41) is 4.18. The molecule has 0 aliphatic rings. The summed E-state index contributed by atoms with van der Waals surface area (Å²) in [5.74, 6) is 0.995. The van der Waals surface area contributed by atoms with Crippen LogP contribution >= 0.6 is 11.6 Å². The van der Waals surface area contributed by atoms with Gasteiger partial charge in [-0.3, -0.25) is 0 Å². The summed E-state index contributed by atoms with van der Waals surface area (Å²) >= 11 is 6.04. The van der Waals surface area contributed by atoms with Gasteiger partial charge in [-0.25, -0.2) is 4.98 Å². The second-order valence-corrected chi connectivity index (χ2v) is 4.38. The van der Waals surface area contributed by atoms with Gasteiger partial charge in [0, 0.05) is 24.5 Å². The Kier molecular flexibility index (Phi) is 3.82. The van der Waals surface area contributed by atoms with Crippen LogP contribution in [0.5, 0.6) is 0 Å². The van der Waals surface area contributed by atoms with Crippen molar-refractivity contribution in [1.82, 2.24) is 14.9 Å². The zero-order chi connectivity index (χ0) is 12.3. The SMILES string of the molecule is CCNC(c1cccc(Cl)c1)c1nccn1C. The number of aryl methyl sites for hydroxylation is 1. The molecule has 0 saturated heterocycles. The van der Waals surface area contributed by atoms with Crippen LogP contribution < -0.4 is 5.32 Å². The first-order valence-electron chi connectivity index (χ1n) is 5.68. The first-order valence-corrected chi connectivity index (χ1v) is 6.06. The van der Waals surface area contributed by atoms with Crippen molar-refractivity contribution in [2.75, 3.05) is 6.54 Å². The van der Waals surface area contributed by atoms with Gasteiger partial charge in [0.05, 0.1) is 6.04 Å². The van der Waals surface area contributed by atoms with E-state index in [4.69, 9.17) is 11.6 Å². The third-order valence-electron chi connectivity index (χ3n) is 2.71. The van der Waals surface area contributed by atoms with E-state index in [9.17, 15) is 0 Å². The molecule has 1 aromatic carbocycles. The van der Waals surface area contributed by atoms with Crippen LogP contribution in [0.15, 0.2) is 36.7 Å². The van der Waals surface area contributed by atoms with Crippen LogP contribution in [0.3, 0.4) is 0 Å². The van der Waals surface area contributed by atoms with Crippen LogP contribution in [0.4, 0.5) is 0 Å². The summed E-state index contributed by atoms with van der Waals surface area (Å²) in [7, 11) is 2.00. The number of nitrogens with one attached hydrogen (secondary N) is 1. The number of imidazole rings is 1. The lowest BCUT2D eigenvalue weighted by molar-refractivity contribution is 0.577. The minimum Gasteiger partial charge on any atom is -0.336 e. The highest BCUT2D eigenvalue weighted by Crippen LogP contribution is 2.22. The Morgan fingerprint density at radius 1 is 1.47 bits per heavy atom. The minimum absolute atomic E-state index is 0.0821. The molecule has 0 radical (unpaired) electrons. The molecule has 2 aromatic rings. The molecule has 0 saturated carbocycles. The van der Waals surface area contributed by atoms with Gasteiger partial charge in [0.2, 0.25) is 0 Å². The predicted octanol–water partition coefficient (Wildman–Crippen LogP) is 2.77. The van der Waals surface area contributed by atoms with Gasteiger partial charge in [0.15, 0.2) is 0 Å². The van der Waals surface area contributed by atoms with E-state index in [2.05, 4.69) is 23.3 Å². The molecule has 0 spiro atoms. The number of halogens is 1. The molecule has 17 heavy (non-hydrogen) atoms. The van der Waals surface area contributed by atoms with Gasteiger partial charge >= 0.3 is 0 Å². The van der Waals surface area contributed by atoms with Crippen LogP contribution in [-0.4, -0.2) is 16.1 Å². The van der Waals surface area contributed by atoms with Crippen molar-refractivity contribution in [2.45, 2.75) is 13.0 Å². The lowest BCUT2D eigenvalue weighted by atomic mass is 10.1. The summed E-state index contributed by atoms with van der Waals surface area (Å²) in [6.07, 6.45) is 3.76. The van der Waals surface area contributed by atoms with Gasteiger partial charge in [-0.15, -0.1) is 0 Å². The maximum atomic E-state index is 6.04. The summed E-state index contributed by atoms with van der Waals surface area (Å²) in [4.78, 5) is 4.40. The average Bonchev–Trinajstić information content (AvgIpc) is 2.72. The Morgan fingerprint density at radius 3 is 2.88 bits per heavy atom. The fourth-order valence-electron chi connectivity index (χ4n) is 1.90. The van der Waals surface area contributed by atoms with Crippen LogP contribution in [-0.2, 0) is 7.05 Å². The summed E-state index contributed by atoms with van der Waals surface area (Å²) in [6.45, 7) is 2.96. The van der Waals surface area contributed by atoms with E-state index < -0.39 is 0 Å². The maximum absolute atomic E-state index is 6.04. The standard InChI is InChI=1S/C13H16ClN3/c1-3-15-12(13-16-7-8-17(13)2)10-5-4-6-11(14)9-10/h4-9,12,15H,3H2,1-2H3. The van der Waals surface area contributed by atoms with E-state index in [1.165, 1.54) is 0 Å². The molecule has 3 nitrogen and oxygen atoms in total. The molecule has 0 amide bonds. The lowest BCUT2D eigenvalue weighted by Gasteiger charge is -2.18. The highest BCUT2D eigenvalue weighted by Gasteiger charge is 2.16. The molecule has 0 fully saturated rings. The summed E-state index contributed by atoms with van der Waals surface area (Å²) in [6, 6.07) is 7.97. The molecule has 1 heterocycles. The molecule has 1 unspecified atom stereocenters. The van der Waals surface area contributed by atoms with Gasteiger partial charge in [-0.2, -0.15) is 0 Å². The zero-order valence-electron chi connectivity index (χ0n) is 10.0. The Bertz CT molecular complexity index is 493. The number of aromatic nitrogens is 2. The second kappa shape index (κ2) is 5.34. The van der Waals surface area contributed by atoms with Crippen molar-refractivity contribution in [3.63, 3.8) is 0 Å². The van der Waals surface area contributed by atoms with Crippen molar-refractivity contribution in [1.29, 1.82) is 0 Å². The quantitative estimate of drug-likeness (QED) is 0.903. The molecule has 1 aromatic heterocycles. The van der Waals surface area contributed by atoms with E-state index in [1.807, 2.05) is 42.2 Å². The predicted molar refractivity (Wildman–Crippen MR) is 70.2 cm³/mol.